The molecule has 3 N–H and O–H groups in total. The molecule has 3 aliphatic carbocycles. The molecule has 4 nitrogen and oxygen atoms in total. The summed E-state index contributed by atoms with van der Waals surface area (Å²) in [4.78, 5) is 12.7. The molecule has 3 rings (SSSR count). The second kappa shape index (κ2) is 6.48. The molecule has 126 valence electrons. The van der Waals surface area contributed by atoms with Gasteiger partial charge in [-0.3, -0.25) is 4.79 Å². The van der Waals surface area contributed by atoms with Crippen molar-refractivity contribution in [2.75, 3.05) is 13.1 Å². The van der Waals surface area contributed by atoms with Gasteiger partial charge < -0.3 is 15.7 Å². The molecule has 3 fully saturated rings. The van der Waals surface area contributed by atoms with Gasteiger partial charge in [-0.15, -0.1) is 0 Å². The Morgan fingerprint density at radius 1 is 1.09 bits per heavy atom. The van der Waals surface area contributed by atoms with Crippen molar-refractivity contribution in [2.45, 2.75) is 82.3 Å². The van der Waals surface area contributed by atoms with Crippen LogP contribution in [0.4, 0.5) is 0 Å². The number of hydrogen-bond donors (Lipinski definition) is 3. The molecule has 22 heavy (non-hydrogen) atoms. The van der Waals surface area contributed by atoms with E-state index in [0.29, 0.717) is 12.5 Å². The summed E-state index contributed by atoms with van der Waals surface area (Å²) in [6.07, 6.45) is 10.5. The third-order valence-corrected chi connectivity index (χ3v) is 6.10. The van der Waals surface area contributed by atoms with Crippen molar-refractivity contribution in [1.29, 1.82) is 0 Å². The van der Waals surface area contributed by atoms with Crippen molar-refractivity contribution >= 4 is 5.91 Å². The normalized spacial score (nSPS) is 34.5. The van der Waals surface area contributed by atoms with Crippen LogP contribution in [0.5, 0.6) is 0 Å². The second-order valence-corrected chi connectivity index (χ2v) is 8.20. The minimum atomic E-state index is -0.612. The Morgan fingerprint density at radius 2 is 1.73 bits per heavy atom. The van der Waals surface area contributed by atoms with Gasteiger partial charge in [0.15, 0.2) is 0 Å². The quantitative estimate of drug-likeness (QED) is 0.706. The van der Waals surface area contributed by atoms with E-state index in [2.05, 4.69) is 17.6 Å². The first kappa shape index (κ1) is 16.3. The van der Waals surface area contributed by atoms with Crippen LogP contribution < -0.4 is 10.6 Å². The number of rotatable bonds is 6. The van der Waals surface area contributed by atoms with E-state index in [4.69, 9.17) is 0 Å². The van der Waals surface area contributed by atoms with Crippen LogP contribution in [-0.2, 0) is 4.79 Å². The van der Waals surface area contributed by atoms with Gasteiger partial charge in [0.2, 0.25) is 5.91 Å². The van der Waals surface area contributed by atoms with E-state index < -0.39 is 11.1 Å². The summed E-state index contributed by atoms with van der Waals surface area (Å²) in [5, 5.41) is 17.4. The monoisotopic (exact) mass is 308 g/mol. The molecule has 0 atom stereocenters. The molecule has 0 bridgehead atoms. The van der Waals surface area contributed by atoms with Crippen LogP contribution in [0.1, 0.15) is 71.1 Å². The van der Waals surface area contributed by atoms with Crippen LogP contribution in [0.15, 0.2) is 0 Å². The maximum Gasteiger partial charge on any atom is 0.240 e. The predicted octanol–water partition coefficient (Wildman–Crippen LogP) is 2.36. The predicted molar refractivity (Wildman–Crippen MR) is 87.5 cm³/mol. The average Bonchev–Trinajstić information content (AvgIpc) is 3.22. The molecular formula is C18H32N2O2. The zero-order chi connectivity index (χ0) is 15.6. The Bertz CT molecular complexity index is 392. The number of aliphatic hydroxyl groups is 1. The highest BCUT2D eigenvalue weighted by Gasteiger charge is 2.43. The van der Waals surface area contributed by atoms with Crippen LogP contribution >= 0.6 is 0 Å². The second-order valence-electron chi connectivity index (χ2n) is 8.20. The van der Waals surface area contributed by atoms with Crippen molar-refractivity contribution in [3.8, 4) is 0 Å². The van der Waals surface area contributed by atoms with Gasteiger partial charge in [0.25, 0.3) is 0 Å². The molecule has 0 heterocycles. The number of carbonyl (C=O) groups is 1. The smallest absolute Gasteiger partial charge is 0.240 e. The fraction of sp³-hybridized carbons (Fsp3) is 0.944. The van der Waals surface area contributed by atoms with E-state index in [1.807, 2.05) is 0 Å². The number of amides is 1. The first-order chi connectivity index (χ1) is 10.5. The lowest BCUT2D eigenvalue weighted by atomic mass is 9.79. The number of β-amino-alcohol motifs (C(OH)–C–C–N with tert-alkyl or cyclic N) is 1. The summed E-state index contributed by atoms with van der Waals surface area (Å²) in [6.45, 7) is 3.66. The van der Waals surface area contributed by atoms with Gasteiger partial charge in [0, 0.05) is 13.1 Å². The largest absolute Gasteiger partial charge is 0.389 e. The van der Waals surface area contributed by atoms with Gasteiger partial charge in [-0.1, -0.05) is 19.8 Å². The standard InChI is InChI=1S/C18H32N2O2/c1-14-6-10-17(22,11-7-14)13-20-18(8-2-3-9-18)16(21)19-12-15-4-5-15/h14-15,20,22H,2-13H2,1H3,(H,19,21). The van der Waals surface area contributed by atoms with Crippen molar-refractivity contribution in [2.24, 2.45) is 11.8 Å². The summed E-state index contributed by atoms with van der Waals surface area (Å²) in [5.41, 5.74) is -1.04. The van der Waals surface area contributed by atoms with Gasteiger partial charge in [-0.2, -0.15) is 0 Å². The van der Waals surface area contributed by atoms with Crippen molar-refractivity contribution in [3.63, 3.8) is 0 Å². The molecule has 0 aromatic carbocycles. The average molecular weight is 308 g/mol. The number of hydrogen-bond acceptors (Lipinski definition) is 3. The molecular weight excluding hydrogens is 276 g/mol. The van der Waals surface area contributed by atoms with Crippen molar-refractivity contribution in [3.05, 3.63) is 0 Å². The van der Waals surface area contributed by atoms with Crippen molar-refractivity contribution < 1.29 is 9.90 Å². The Hall–Kier alpha value is -0.610. The summed E-state index contributed by atoms with van der Waals surface area (Å²) >= 11 is 0. The van der Waals surface area contributed by atoms with Gasteiger partial charge in [-0.25, -0.2) is 0 Å². The lowest BCUT2D eigenvalue weighted by Gasteiger charge is -2.38. The molecule has 4 heteroatoms. The first-order valence-corrected chi connectivity index (χ1v) is 9.27. The molecule has 0 aromatic heterocycles. The molecule has 1 amide bonds. The maximum absolute atomic E-state index is 12.7. The third-order valence-electron chi connectivity index (χ3n) is 6.10. The molecule has 0 aliphatic heterocycles. The van der Waals surface area contributed by atoms with E-state index in [-0.39, 0.29) is 5.91 Å². The van der Waals surface area contributed by atoms with Gasteiger partial charge in [0.05, 0.1) is 11.1 Å². The molecule has 0 radical (unpaired) electrons. The topological polar surface area (TPSA) is 61.4 Å². The Balaban J connectivity index is 1.55. The minimum Gasteiger partial charge on any atom is -0.389 e. The number of carbonyl (C=O) groups excluding carboxylic acids is 1. The van der Waals surface area contributed by atoms with E-state index in [0.717, 1.165) is 63.8 Å². The molecule has 0 aromatic rings. The summed E-state index contributed by atoms with van der Waals surface area (Å²) in [5.74, 6) is 1.61. The SMILES string of the molecule is CC1CCC(O)(CNC2(C(=O)NCC3CC3)CCCC2)CC1. The molecule has 3 saturated carbocycles. The highest BCUT2D eigenvalue weighted by molar-refractivity contribution is 5.86. The highest BCUT2D eigenvalue weighted by Crippen LogP contribution is 2.35. The van der Waals surface area contributed by atoms with Gasteiger partial charge in [-0.05, 0) is 63.2 Å². The fourth-order valence-electron chi connectivity index (χ4n) is 4.00. The number of nitrogens with one attached hydrogen (secondary N) is 2. The van der Waals surface area contributed by atoms with Crippen LogP contribution in [0.3, 0.4) is 0 Å². The van der Waals surface area contributed by atoms with Gasteiger partial charge in [0.1, 0.15) is 0 Å². The summed E-state index contributed by atoms with van der Waals surface area (Å²) < 4.78 is 0. The Morgan fingerprint density at radius 3 is 2.32 bits per heavy atom. The zero-order valence-corrected chi connectivity index (χ0v) is 14.0. The fourth-order valence-corrected chi connectivity index (χ4v) is 4.00. The summed E-state index contributed by atoms with van der Waals surface area (Å²) in [7, 11) is 0. The molecule has 3 aliphatic rings. The highest BCUT2D eigenvalue weighted by atomic mass is 16.3. The van der Waals surface area contributed by atoms with E-state index in [9.17, 15) is 9.90 Å². The van der Waals surface area contributed by atoms with E-state index in [1.54, 1.807) is 0 Å². The first-order valence-electron chi connectivity index (χ1n) is 9.27. The summed E-state index contributed by atoms with van der Waals surface area (Å²) in [6, 6.07) is 0. The third kappa shape index (κ3) is 3.83. The molecule has 0 spiro atoms. The molecule has 0 saturated heterocycles. The van der Waals surface area contributed by atoms with E-state index >= 15 is 0 Å². The van der Waals surface area contributed by atoms with E-state index in [1.165, 1.54) is 12.8 Å². The van der Waals surface area contributed by atoms with Crippen LogP contribution in [-0.4, -0.2) is 35.2 Å². The Kier molecular flexibility index (Phi) is 4.79. The lowest BCUT2D eigenvalue weighted by molar-refractivity contribution is -0.128. The zero-order valence-electron chi connectivity index (χ0n) is 14.0. The van der Waals surface area contributed by atoms with Gasteiger partial charge >= 0.3 is 0 Å². The minimum absolute atomic E-state index is 0.171. The Labute approximate surface area is 134 Å². The van der Waals surface area contributed by atoms with Crippen molar-refractivity contribution in [1.82, 2.24) is 10.6 Å². The maximum atomic E-state index is 12.7. The van der Waals surface area contributed by atoms with Crippen LogP contribution in [0.2, 0.25) is 0 Å². The van der Waals surface area contributed by atoms with Crippen LogP contribution in [0.25, 0.3) is 0 Å². The van der Waals surface area contributed by atoms with Crippen LogP contribution in [0, 0.1) is 11.8 Å². The molecule has 0 unspecified atom stereocenters. The lowest BCUT2D eigenvalue weighted by Crippen LogP contribution is -2.59.